The molecule has 2 aromatic heterocycles. The Labute approximate surface area is 132 Å². The topological polar surface area (TPSA) is 95.8 Å². The number of hydrogen-bond acceptors (Lipinski definition) is 4. The summed E-state index contributed by atoms with van der Waals surface area (Å²) < 4.78 is 3.15. The highest BCUT2D eigenvalue weighted by Crippen LogP contribution is 2.21. The van der Waals surface area contributed by atoms with Crippen molar-refractivity contribution in [2.45, 2.75) is 19.9 Å². The Morgan fingerprint density at radius 2 is 2.04 bits per heavy atom. The molecule has 0 fully saturated rings. The monoisotopic (exact) mass is 311 g/mol. The number of imidazole rings is 1. The molecular formula is C16H17N5O2. The molecule has 0 spiro atoms. The van der Waals surface area contributed by atoms with E-state index in [0.717, 1.165) is 11.0 Å². The number of aryl methyl sites for hydroxylation is 3. The van der Waals surface area contributed by atoms with Crippen LogP contribution in [0.3, 0.4) is 0 Å². The lowest BCUT2D eigenvalue weighted by molar-refractivity contribution is -0.118. The van der Waals surface area contributed by atoms with Crippen LogP contribution in [0.2, 0.25) is 0 Å². The Morgan fingerprint density at radius 1 is 1.30 bits per heavy atom. The van der Waals surface area contributed by atoms with Gasteiger partial charge in [0.15, 0.2) is 0 Å². The van der Waals surface area contributed by atoms with Gasteiger partial charge in [0.1, 0.15) is 5.82 Å². The molecule has 0 saturated carbocycles. The van der Waals surface area contributed by atoms with Gasteiger partial charge in [-0.15, -0.1) is 0 Å². The summed E-state index contributed by atoms with van der Waals surface area (Å²) in [7, 11) is 1.87. The number of carbonyl (C=O) groups is 1. The van der Waals surface area contributed by atoms with Gasteiger partial charge in [0, 0.05) is 13.5 Å². The number of nitrogens with zero attached hydrogens (tertiary/aromatic N) is 4. The first-order valence-corrected chi connectivity index (χ1v) is 7.26. The van der Waals surface area contributed by atoms with E-state index in [1.54, 1.807) is 13.0 Å². The van der Waals surface area contributed by atoms with Crippen molar-refractivity contribution in [3.8, 4) is 11.4 Å². The van der Waals surface area contributed by atoms with Gasteiger partial charge in [-0.05, 0) is 25.1 Å². The number of nitrogens with two attached hydrogens (primary N) is 1. The van der Waals surface area contributed by atoms with Crippen LogP contribution >= 0.6 is 0 Å². The Morgan fingerprint density at radius 3 is 2.74 bits per heavy atom. The van der Waals surface area contributed by atoms with E-state index in [-0.39, 0.29) is 18.5 Å². The Balaban J connectivity index is 2.16. The zero-order valence-corrected chi connectivity index (χ0v) is 13.0. The average Bonchev–Trinajstić information content (AvgIpc) is 2.85. The van der Waals surface area contributed by atoms with E-state index >= 15 is 0 Å². The molecule has 1 amide bonds. The minimum Gasteiger partial charge on any atom is -0.370 e. The van der Waals surface area contributed by atoms with Crippen LogP contribution < -0.4 is 11.3 Å². The highest BCUT2D eigenvalue weighted by atomic mass is 16.1. The molecule has 0 unspecified atom stereocenters. The molecule has 2 N–H and O–H groups in total. The molecule has 1 aromatic carbocycles. The van der Waals surface area contributed by atoms with Crippen LogP contribution in [0.5, 0.6) is 0 Å². The number of carbonyl (C=O) groups excluding carboxylic acids is 1. The van der Waals surface area contributed by atoms with E-state index in [9.17, 15) is 9.59 Å². The van der Waals surface area contributed by atoms with Crippen LogP contribution in [0, 0.1) is 6.92 Å². The standard InChI is InChI=1S/C16H17N5O2/c1-10-9-11(16(23)21(19-10)8-7-14(17)22)15-18-12-5-3-4-6-13(12)20(15)2/h3-6,9H,7-8H2,1-2H3,(H2,17,22). The van der Waals surface area contributed by atoms with Gasteiger partial charge < -0.3 is 10.3 Å². The van der Waals surface area contributed by atoms with E-state index in [0.29, 0.717) is 17.1 Å². The second-order valence-electron chi connectivity index (χ2n) is 5.43. The fraction of sp³-hybridized carbons (Fsp3) is 0.250. The first-order chi connectivity index (χ1) is 11.0. The van der Waals surface area contributed by atoms with Crippen molar-refractivity contribution in [1.29, 1.82) is 0 Å². The summed E-state index contributed by atoms with van der Waals surface area (Å²) in [5.74, 6) is 0.110. The van der Waals surface area contributed by atoms with E-state index in [4.69, 9.17) is 5.73 Å². The molecule has 0 bridgehead atoms. The number of fused-ring (bicyclic) bond motifs is 1. The lowest BCUT2D eigenvalue weighted by Gasteiger charge is -2.08. The summed E-state index contributed by atoms with van der Waals surface area (Å²) in [4.78, 5) is 28.2. The maximum Gasteiger partial charge on any atom is 0.277 e. The van der Waals surface area contributed by atoms with Crippen molar-refractivity contribution in [1.82, 2.24) is 19.3 Å². The number of rotatable bonds is 4. The molecule has 7 heteroatoms. The molecule has 0 aliphatic rings. The normalized spacial score (nSPS) is 11.0. The Hall–Kier alpha value is -2.96. The predicted molar refractivity (Wildman–Crippen MR) is 86.8 cm³/mol. The van der Waals surface area contributed by atoms with Crippen molar-refractivity contribution in [2.24, 2.45) is 12.8 Å². The van der Waals surface area contributed by atoms with Crippen molar-refractivity contribution < 1.29 is 4.79 Å². The number of amides is 1. The van der Waals surface area contributed by atoms with Crippen LogP contribution in [0.4, 0.5) is 0 Å². The highest BCUT2D eigenvalue weighted by Gasteiger charge is 2.15. The van der Waals surface area contributed by atoms with Gasteiger partial charge in [0.25, 0.3) is 5.56 Å². The summed E-state index contributed by atoms with van der Waals surface area (Å²) in [6.07, 6.45) is 0.0678. The number of primary amides is 1. The third kappa shape index (κ3) is 2.73. The van der Waals surface area contributed by atoms with E-state index < -0.39 is 5.91 Å². The van der Waals surface area contributed by atoms with Gasteiger partial charge in [0.2, 0.25) is 5.91 Å². The fourth-order valence-electron chi connectivity index (χ4n) is 2.59. The van der Waals surface area contributed by atoms with Crippen LogP contribution in [-0.2, 0) is 18.4 Å². The molecule has 0 atom stereocenters. The molecule has 118 valence electrons. The molecule has 3 aromatic rings. The quantitative estimate of drug-likeness (QED) is 0.777. The van der Waals surface area contributed by atoms with Crippen LogP contribution in [0.25, 0.3) is 22.4 Å². The van der Waals surface area contributed by atoms with Crippen molar-refractivity contribution in [3.05, 3.63) is 46.4 Å². The van der Waals surface area contributed by atoms with Crippen LogP contribution in [0.1, 0.15) is 12.1 Å². The molecule has 0 radical (unpaired) electrons. The van der Waals surface area contributed by atoms with Gasteiger partial charge in [-0.25, -0.2) is 9.67 Å². The predicted octanol–water partition coefficient (Wildman–Crippen LogP) is 0.981. The van der Waals surface area contributed by atoms with Gasteiger partial charge >= 0.3 is 0 Å². The zero-order valence-electron chi connectivity index (χ0n) is 13.0. The van der Waals surface area contributed by atoms with Crippen molar-refractivity contribution in [2.75, 3.05) is 0 Å². The van der Waals surface area contributed by atoms with Gasteiger partial charge in [-0.1, -0.05) is 12.1 Å². The maximum absolute atomic E-state index is 12.7. The zero-order chi connectivity index (χ0) is 16.6. The number of para-hydroxylation sites is 2. The van der Waals surface area contributed by atoms with Gasteiger partial charge in [0.05, 0.1) is 28.8 Å². The second kappa shape index (κ2) is 5.68. The third-order valence-corrected chi connectivity index (χ3v) is 3.69. The summed E-state index contributed by atoms with van der Waals surface area (Å²) in [6, 6.07) is 9.40. The summed E-state index contributed by atoms with van der Waals surface area (Å²) in [5.41, 5.74) is 7.77. The van der Waals surface area contributed by atoms with Crippen molar-refractivity contribution in [3.63, 3.8) is 0 Å². The molecule has 7 nitrogen and oxygen atoms in total. The van der Waals surface area contributed by atoms with E-state index in [1.807, 2.05) is 35.9 Å². The van der Waals surface area contributed by atoms with Gasteiger partial charge in [-0.3, -0.25) is 9.59 Å². The molecule has 23 heavy (non-hydrogen) atoms. The smallest absolute Gasteiger partial charge is 0.277 e. The van der Waals surface area contributed by atoms with Crippen molar-refractivity contribution >= 4 is 16.9 Å². The minimum atomic E-state index is -0.468. The highest BCUT2D eigenvalue weighted by molar-refractivity contribution is 5.80. The first-order valence-electron chi connectivity index (χ1n) is 7.26. The molecule has 2 heterocycles. The van der Waals surface area contributed by atoms with Crippen LogP contribution in [-0.4, -0.2) is 25.2 Å². The largest absolute Gasteiger partial charge is 0.370 e. The lowest BCUT2D eigenvalue weighted by atomic mass is 10.2. The fourth-order valence-corrected chi connectivity index (χ4v) is 2.59. The Bertz CT molecular complexity index is 955. The number of benzene rings is 1. The molecule has 0 aliphatic carbocycles. The minimum absolute atomic E-state index is 0.0678. The third-order valence-electron chi connectivity index (χ3n) is 3.69. The lowest BCUT2D eigenvalue weighted by Crippen LogP contribution is -2.28. The Kier molecular flexibility index (Phi) is 3.69. The van der Waals surface area contributed by atoms with E-state index in [2.05, 4.69) is 10.1 Å². The van der Waals surface area contributed by atoms with E-state index in [1.165, 1.54) is 4.68 Å². The second-order valence-corrected chi connectivity index (χ2v) is 5.43. The molecule has 0 aliphatic heterocycles. The molecule has 3 rings (SSSR count). The summed E-state index contributed by atoms with van der Waals surface area (Å²) >= 11 is 0. The molecular weight excluding hydrogens is 294 g/mol. The maximum atomic E-state index is 12.7. The number of hydrogen-bond donors (Lipinski definition) is 1. The number of aromatic nitrogens is 4. The molecule has 0 saturated heterocycles. The SMILES string of the molecule is Cc1cc(-c2nc3ccccc3n2C)c(=O)n(CCC(N)=O)n1. The van der Waals surface area contributed by atoms with Crippen LogP contribution in [0.15, 0.2) is 35.1 Å². The first kappa shape index (κ1) is 15.0. The summed E-state index contributed by atoms with van der Waals surface area (Å²) in [6.45, 7) is 1.96. The summed E-state index contributed by atoms with van der Waals surface area (Å²) in [5, 5.41) is 4.17. The van der Waals surface area contributed by atoms with Gasteiger partial charge in [-0.2, -0.15) is 5.10 Å². The average molecular weight is 311 g/mol.